The number of amides is 4. The zero-order valence-corrected chi connectivity index (χ0v) is 15.2. The molecule has 1 aromatic rings. The highest BCUT2D eigenvalue weighted by Gasteiger charge is 2.31. The number of piperidine rings is 1. The third kappa shape index (κ3) is 3.84. The minimum Gasteiger partial charge on any atom is -0.482 e. The molecule has 3 aliphatic heterocycles. The van der Waals surface area contributed by atoms with Crippen molar-refractivity contribution in [3.8, 4) is 5.75 Å². The van der Waals surface area contributed by atoms with Gasteiger partial charge >= 0.3 is 6.03 Å². The number of fused-ring (bicyclic) bond motifs is 1. The normalized spacial score (nSPS) is 19.9. The lowest BCUT2D eigenvalue weighted by molar-refractivity contribution is -0.135. The first kappa shape index (κ1) is 17.6. The number of hydrogen-bond donors (Lipinski definition) is 2. The first-order chi connectivity index (χ1) is 13.1. The van der Waals surface area contributed by atoms with E-state index in [-0.39, 0.29) is 30.4 Å². The van der Waals surface area contributed by atoms with Gasteiger partial charge in [-0.3, -0.25) is 9.59 Å². The van der Waals surface area contributed by atoms with Crippen LogP contribution in [0.3, 0.4) is 0 Å². The molecule has 3 heterocycles. The number of carbonyl (C=O) groups excluding carboxylic acids is 3. The summed E-state index contributed by atoms with van der Waals surface area (Å²) >= 11 is 0. The van der Waals surface area contributed by atoms with Gasteiger partial charge in [-0.1, -0.05) is 0 Å². The molecule has 144 valence electrons. The molecule has 8 heteroatoms. The van der Waals surface area contributed by atoms with Crippen molar-refractivity contribution in [3.05, 3.63) is 18.2 Å². The standard InChI is InChI=1S/C19H24N4O4/c24-17-12-27-16-11-14(3-4-15(16)21-17)20-19(26)23-9-5-13(6-10-23)18(25)22-7-1-2-8-22/h3-4,11,13H,1-2,5-10,12H2,(H,20,26)(H,21,24). The maximum Gasteiger partial charge on any atom is 0.321 e. The van der Waals surface area contributed by atoms with Crippen molar-refractivity contribution >= 4 is 29.2 Å². The van der Waals surface area contributed by atoms with Crippen molar-refractivity contribution in [3.63, 3.8) is 0 Å². The molecule has 0 saturated carbocycles. The van der Waals surface area contributed by atoms with Crippen LogP contribution in [-0.2, 0) is 9.59 Å². The third-order valence-corrected chi connectivity index (χ3v) is 5.41. The van der Waals surface area contributed by atoms with E-state index in [0.717, 1.165) is 25.9 Å². The molecule has 8 nitrogen and oxygen atoms in total. The van der Waals surface area contributed by atoms with Gasteiger partial charge in [0.05, 0.1) is 5.69 Å². The van der Waals surface area contributed by atoms with Crippen LogP contribution in [0.5, 0.6) is 5.75 Å². The molecule has 2 saturated heterocycles. The Hall–Kier alpha value is -2.77. The minimum absolute atomic E-state index is 0.0248. The van der Waals surface area contributed by atoms with E-state index < -0.39 is 0 Å². The molecule has 2 fully saturated rings. The van der Waals surface area contributed by atoms with Gasteiger partial charge in [0.15, 0.2) is 6.61 Å². The van der Waals surface area contributed by atoms with Crippen LogP contribution in [-0.4, -0.2) is 60.4 Å². The smallest absolute Gasteiger partial charge is 0.321 e. The molecule has 0 radical (unpaired) electrons. The molecule has 0 spiro atoms. The summed E-state index contributed by atoms with van der Waals surface area (Å²) in [6.45, 7) is 2.88. The lowest BCUT2D eigenvalue weighted by Crippen LogP contribution is -2.45. The van der Waals surface area contributed by atoms with Crippen LogP contribution in [0.1, 0.15) is 25.7 Å². The number of urea groups is 1. The van der Waals surface area contributed by atoms with E-state index in [1.54, 1.807) is 23.1 Å². The summed E-state index contributed by atoms with van der Waals surface area (Å²) in [5.74, 6) is 0.641. The molecule has 27 heavy (non-hydrogen) atoms. The fourth-order valence-corrected chi connectivity index (χ4v) is 3.88. The van der Waals surface area contributed by atoms with Crippen molar-refractivity contribution < 1.29 is 19.1 Å². The van der Waals surface area contributed by atoms with E-state index in [1.165, 1.54) is 0 Å². The average molecular weight is 372 g/mol. The molecule has 4 rings (SSSR count). The van der Waals surface area contributed by atoms with Gasteiger partial charge in [0.1, 0.15) is 5.75 Å². The number of rotatable bonds is 2. The molecule has 0 atom stereocenters. The Labute approximate surface area is 157 Å². The van der Waals surface area contributed by atoms with E-state index in [0.29, 0.717) is 43.1 Å². The molecular formula is C19H24N4O4. The number of benzene rings is 1. The van der Waals surface area contributed by atoms with Gasteiger partial charge in [0.2, 0.25) is 5.91 Å². The Morgan fingerprint density at radius 3 is 2.56 bits per heavy atom. The monoisotopic (exact) mass is 372 g/mol. The fourth-order valence-electron chi connectivity index (χ4n) is 3.88. The molecule has 2 N–H and O–H groups in total. The van der Waals surface area contributed by atoms with Gasteiger partial charge in [-0.05, 0) is 37.8 Å². The highest BCUT2D eigenvalue weighted by Crippen LogP contribution is 2.31. The topological polar surface area (TPSA) is 91.0 Å². The van der Waals surface area contributed by atoms with E-state index >= 15 is 0 Å². The Morgan fingerprint density at radius 1 is 1.07 bits per heavy atom. The SMILES string of the molecule is O=C1COc2cc(NC(=O)N3CCC(C(=O)N4CCCC4)CC3)ccc2N1. The summed E-state index contributed by atoms with van der Waals surface area (Å²) in [6, 6.07) is 4.97. The van der Waals surface area contributed by atoms with E-state index in [1.807, 2.05) is 4.90 Å². The quantitative estimate of drug-likeness (QED) is 0.829. The van der Waals surface area contributed by atoms with Gasteiger partial charge in [-0.25, -0.2) is 4.79 Å². The average Bonchev–Trinajstić information content (AvgIpc) is 3.22. The first-order valence-electron chi connectivity index (χ1n) is 9.51. The number of likely N-dealkylation sites (tertiary alicyclic amines) is 2. The third-order valence-electron chi connectivity index (χ3n) is 5.41. The molecule has 0 aliphatic carbocycles. The Kier molecular flexibility index (Phi) is 4.87. The van der Waals surface area contributed by atoms with Crippen molar-refractivity contribution in [2.24, 2.45) is 5.92 Å². The van der Waals surface area contributed by atoms with Crippen molar-refractivity contribution in [2.75, 3.05) is 43.4 Å². The van der Waals surface area contributed by atoms with Crippen LogP contribution >= 0.6 is 0 Å². The second-order valence-electron chi connectivity index (χ2n) is 7.27. The van der Waals surface area contributed by atoms with Gasteiger partial charge in [0, 0.05) is 43.9 Å². The van der Waals surface area contributed by atoms with Crippen LogP contribution in [0.15, 0.2) is 18.2 Å². The second kappa shape index (κ2) is 7.46. The number of nitrogens with zero attached hydrogens (tertiary/aromatic N) is 2. The van der Waals surface area contributed by atoms with E-state index in [4.69, 9.17) is 4.74 Å². The van der Waals surface area contributed by atoms with Crippen molar-refractivity contribution in [1.82, 2.24) is 9.80 Å². The summed E-state index contributed by atoms with van der Waals surface area (Å²) in [6.07, 6.45) is 3.62. The lowest BCUT2D eigenvalue weighted by atomic mass is 9.95. The summed E-state index contributed by atoms with van der Waals surface area (Å²) in [5.41, 5.74) is 1.22. The highest BCUT2D eigenvalue weighted by molar-refractivity contribution is 5.96. The molecule has 3 aliphatic rings. The molecule has 0 unspecified atom stereocenters. The van der Waals surface area contributed by atoms with Gasteiger partial charge < -0.3 is 25.2 Å². The summed E-state index contributed by atoms with van der Waals surface area (Å²) < 4.78 is 5.37. The summed E-state index contributed by atoms with van der Waals surface area (Å²) in [4.78, 5) is 40.0. The maximum absolute atomic E-state index is 12.5. The van der Waals surface area contributed by atoms with Gasteiger partial charge in [-0.15, -0.1) is 0 Å². The minimum atomic E-state index is -0.189. The summed E-state index contributed by atoms with van der Waals surface area (Å²) in [7, 11) is 0. The van der Waals surface area contributed by atoms with Gasteiger partial charge in [0.25, 0.3) is 5.91 Å². The van der Waals surface area contributed by atoms with E-state index in [9.17, 15) is 14.4 Å². The molecule has 0 bridgehead atoms. The predicted octanol–water partition coefficient (Wildman–Crippen LogP) is 1.88. The number of nitrogens with one attached hydrogen (secondary N) is 2. The fraction of sp³-hybridized carbons (Fsp3) is 0.526. The zero-order valence-electron chi connectivity index (χ0n) is 15.2. The number of hydrogen-bond acceptors (Lipinski definition) is 4. The van der Waals surface area contributed by atoms with E-state index in [2.05, 4.69) is 10.6 Å². The predicted molar refractivity (Wildman–Crippen MR) is 99.7 cm³/mol. The second-order valence-corrected chi connectivity index (χ2v) is 7.27. The maximum atomic E-state index is 12.5. The molecule has 1 aromatic carbocycles. The molecular weight excluding hydrogens is 348 g/mol. The molecule has 0 aromatic heterocycles. The summed E-state index contributed by atoms with van der Waals surface area (Å²) in [5, 5.41) is 5.59. The van der Waals surface area contributed by atoms with Crippen molar-refractivity contribution in [2.45, 2.75) is 25.7 Å². The van der Waals surface area contributed by atoms with Gasteiger partial charge in [-0.2, -0.15) is 0 Å². The number of ether oxygens (including phenoxy) is 1. The van der Waals surface area contributed by atoms with Crippen LogP contribution in [0.25, 0.3) is 0 Å². The largest absolute Gasteiger partial charge is 0.482 e. The molecule has 4 amide bonds. The van der Waals surface area contributed by atoms with Crippen LogP contribution in [0.4, 0.5) is 16.2 Å². The zero-order chi connectivity index (χ0) is 18.8. The van der Waals surface area contributed by atoms with Crippen LogP contribution in [0.2, 0.25) is 0 Å². The number of carbonyl (C=O) groups is 3. The Bertz CT molecular complexity index is 752. The number of anilines is 2. The van der Waals surface area contributed by atoms with Crippen LogP contribution in [0, 0.1) is 5.92 Å². The first-order valence-corrected chi connectivity index (χ1v) is 9.51. The van der Waals surface area contributed by atoms with Crippen molar-refractivity contribution in [1.29, 1.82) is 0 Å². The lowest BCUT2D eigenvalue weighted by Gasteiger charge is -2.33. The Morgan fingerprint density at radius 2 is 1.81 bits per heavy atom. The Balaban J connectivity index is 1.31. The van der Waals surface area contributed by atoms with Crippen LogP contribution < -0.4 is 15.4 Å². The highest BCUT2D eigenvalue weighted by atomic mass is 16.5.